The molecule has 0 bridgehead atoms. The molecule has 1 N–H and O–H groups in total. The first-order valence-corrected chi connectivity index (χ1v) is 12.7. The summed E-state index contributed by atoms with van der Waals surface area (Å²) in [6, 6.07) is 6.48. The third-order valence-corrected chi connectivity index (χ3v) is 7.59. The fourth-order valence-electron chi connectivity index (χ4n) is 4.36. The molecular weight excluding hydrogens is 528 g/mol. The lowest BCUT2D eigenvalue weighted by Gasteiger charge is -2.29. The van der Waals surface area contributed by atoms with Gasteiger partial charge in [0.1, 0.15) is 11.9 Å². The van der Waals surface area contributed by atoms with E-state index in [0.29, 0.717) is 30.0 Å². The number of hydrogen-bond donors (Lipinski definition) is 1. The second-order valence-electron chi connectivity index (χ2n) is 9.01. The third kappa shape index (κ3) is 6.12. The average Bonchev–Trinajstić information content (AvgIpc) is 3.20. The Morgan fingerprint density at radius 3 is 2.38 bits per heavy atom. The molecule has 0 aliphatic carbocycles. The van der Waals surface area contributed by atoms with Crippen molar-refractivity contribution >= 4 is 21.6 Å². The zero-order valence-corrected chi connectivity index (χ0v) is 20.3. The highest BCUT2D eigenvalue weighted by Gasteiger charge is 2.43. The molecule has 2 aliphatic heterocycles. The summed E-state index contributed by atoms with van der Waals surface area (Å²) in [6.45, 7) is 0.463. The monoisotopic (exact) mass is 551 g/mol. The molecule has 0 aromatic heterocycles. The van der Waals surface area contributed by atoms with Gasteiger partial charge in [0.25, 0.3) is 10.0 Å². The number of anilines is 1. The fraction of sp³-hybridized carbons (Fsp3) is 0.435. The molecular formula is C23H23F6N3O4S. The number of amides is 1. The van der Waals surface area contributed by atoms with Gasteiger partial charge in [-0.2, -0.15) is 26.3 Å². The summed E-state index contributed by atoms with van der Waals surface area (Å²) in [5, 5.41) is 0. The van der Waals surface area contributed by atoms with Crippen LogP contribution < -0.4 is 9.46 Å². The van der Waals surface area contributed by atoms with Crippen molar-refractivity contribution < 1.29 is 44.3 Å². The van der Waals surface area contributed by atoms with E-state index in [2.05, 4.69) is 4.72 Å². The number of alkyl halides is 6. The summed E-state index contributed by atoms with van der Waals surface area (Å²) in [5.74, 6) is -2.53. The zero-order chi connectivity index (χ0) is 27.2. The quantitative estimate of drug-likeness (QED) is 0.568. The van der Waals surface area contributed by atoms with E-state index in [1.807, 2.05) is 4.90 Å². The highest BCUT2D eigenvalue weighted by Crippen LogP contribution is 2.39. The van der Waals surface area contributed by atoms with Gasteiger partial charge in [-0.25, -0.2) is 8.42 Å². The van der Waals surface area contributed by atoms with Gasteiger partial charge in [0.2, 0.25) is 0 Å². The molecule has 0 spiro atoms. The molecule has 4 rings (SSSR count). The summed E-state index contributed by atoms with van der Waals surface area (Å²) in [6.07, 6.45) is -9.66. The van der Waals surface area contributed by atoms with Crippen molar-refractivity contribution in [2.75, 3.05) is 31.4 Å². The van der Waals surface area contributed by atoms with Crippen molar-refractivity contribution in [1.82, 2.24) is 9.80 Å². The number of carbonyl (C=O) groups is 1. The Morgan fingerprint density at radius 1 is 1.03 bits per heavy atom. The van der Waals surface area contributed by atoms with Gasteiger partial charge in [-0.05, 0) is 55.3 Å². The minimum atomic E-state index is -5.06. The van der Waals surface area contributed by atoms with E-state index in [-0.39, 0.29) is 29.1 Å². The van der Waals surface area contributed by atoms with Crippen LogP contribution in [0.4, 0.5) is 32.0 Å². The number of likely N-dealkylation sites (tertiary alicyclic amines) is 1. The standard InChI is InChI=1S/C23H23F6N3O4S/c1-31-8-7-17(13-31)36-20-11-16(3-5-19(20)22(24,25)26)30-37(34,35)18-4-2-14-6-9-32(12-15(14)10-18)21(33)23(27,28)29/h2-5,10-11,17,30H,6-9,12-13H2,1H3/t17-/m0/s1. The molecule has 1 fully saturated rings. The van der Waals surface area contributed by atoms with Crippen LogP contribution in [0.25, 0.3) is 0 Å². The maximum atomic E-state index is 13.5. The zero-order valence-electron chi connectivity index (χ0n) is 19.5. The van der Waals surface area contributed by atoms with Crippen LogP contribution in [0.3, 0.4) is 0 Å². The number of hydrogen-bond acceptors (Lipinski definition) is 5. The summed E-state index contributed by atoms with van der Waals surface area (Å²) in [5.41, 5.74) is -0.403. The lowest BCUT2D eigenvalue weighted by atomic mass is 10.00. The Balaban J connectivity index is 1.58. The molecule has 202 valence electrons. The first kappa shape index (κ1) is 27.0. The molecule has 2 aromatic rings. The third-order valence-electron chi connectivity index (χ3n) is 6.21. The largest absolute Gasteiger partial charge is 0.488 e. The normalized spacial score (nSPS) is 19.0. The number of ether oxygens (including phenoxy) is 1. The second kappa shape index (κ2) is 9.71. The summed E-state index contributed by atoms with van der Waals surface area (Å²) in [4.78, 5) is 13.8. The molecule has 7 nitrogen and oxygen atoms in total. The highest BCUT2D eigenvalue weighted by atomic mass is 32.2. The predicted octanol–water partition coefficient (Wildman–Crippen LogP) is 4.04. The Bertz CT molecular complexity index is 1300. The number of fused-ring (bicyclic) bond motifs is 1. The number of sulfonamides is 1. The van der Waals surface area contributed by atoms with E-state index in [4.69, 9.17) is 4.74 Å². The Morgan fingerprint density at radius 2 is 1.76 bits per heavy atom. The Hall–Kier alpha value is -3.00. The average molecular weight is 552 g/mol. The number of nitrogens with one attached hydrogen (secondary N) is 1. The molecule has 2 aromatic carbocycles. The van der Waals surface area contributed by atoms with E-state index in [1.165, 1.54) is 12.1 Å². The van der Waals surface area contributed by atoms with Gasteiger partial charge in [-0.3, -0.25) is 9.52 Å². The van der Waals surface area contributed by atoms with Crippen LogP contribution >= 0.6 is 0 Å². The number of rotatable bonds is 5. The number of likely N-dealkylation sites (N-methyl/N-ethyl adjacent to an activating group) is 1. The number of carbonyl (C=O) groups excluding carboxylic acids is 1. The topological polar surface area (TPSA) is 79.0 Å². The molecule has 1 saturated heterocycles. The van der Waals surface area contributed by atoms with Crippen LogP contribution in [0, 0.1) is 0 Å². The molecule has 2 aliphatic rings. The first-order chi connectivity index (χ1) is 17.1. The van der Waals surface area contributed by atoms with Gasteiger partial charge >= 0.3 is 18.3 Å². The molecule has 2 heterocycles. The van der Waals surface area contributed by atoms with Crippen LogP contribution in [-0.2, 0) is 34.0 Å². The van der Waals surface area contributed by atoms with Crippen LogP contribution in [0.1, 0.15) is 23.1 Å². The van der Waals surface area contributed by atoms with Crippen LogP contribution in [0.2, 0.25) is 0 Å². The predicted molar refractivity (Wildman–Crippen MR) is 120 cm³/mol. The van der Waals surface area contributed by atoms with Crippen molar-refractivity contribution in [3.05, 3.63) is 53.1 Å². The molecule has 37 heavy (non-hydrogen) atoms. The molecule has 1 atom stereocenters. The smallest absolute Gasteiger partial charge is 0.471 e. The van der Waals surface area contributed by atoms with Gasteiger partial charge < -0.3 is 14.5 Å². The maximum Gasteiger partial charge on any atom is 0.471 e. The van der Waals surface area contributed by atoms with Crippen molar-refractivity contribution in [2.45, 2.75) is 42.7 Å². The fourth-order valence-corrected chi connectivity index (χ4v) is 5.45. The van der Waals surface area contributed by atoms with Gasteiger partial charge in [0.05, 0.1) is 16.1 Å². The van der Waals surface area contributed by atoms with Gasteiger partial charge in [-0.15, -0.1) is 0 Å². The minimum Gasteiger partial charge on any atom is -0.488 e. The SMILES string of the molecule is CN1CC[C@H](Oc2cc(NS(=O)(=O)c3ccc4c(c3)CN(C(=O)C(F)(F)F)CC4)ccc2C(F)(F)F)C1. The van der Waals surface area contributed by atoms with E-state index >= 15 is 0 Å². The molecule has 0 saturated carbocycles. The summed E-state index contributed by atoms with van der Waals surface area (Å²) < 4.78 is 113. The van der Waals surface area contributed by atoms with Crippen LogP contribution in [-0.4, -0.2) is 63.1 Å². The van der Waals surface area contributed by atoms with E-state index in [9.17, 15) is 39.6 Å². The van der Waals surface area contributed by atoms with Crippen molar-refractivity contribution in [2.24, 2.45) is 0 Å². The molecule has 0 radical (unpaired) electrons. The minimum absolute atomic E-state index is 0.112. The van der Waals surface area contributed by atoms with Crippen LogP contribution in [0.5, 0.6) is 5.75 Å². The van der Waals surface area contributed by atoms with E-state index in [0.717, 1.165) is 24.3 Å². The first-order valence-electron chi connectivity index (χ1n) is 11.2. The number of benzene rings is 2. The number of nitrogens with zero attached hydrogens (tertiary/aromatic N) is 2. The van der Waals surface area contributed by atoms with Crippen LogP contribution in [0.15, 0.2) is 41.3 Å². The van der Waals surface area contributed by atoms with Crippen molar-refractivity contribution in [1.29, 1.82) is 0 Å². The second-order valence-corrected chi connectivity index (χ2v) is 10.7. The van der Waals surface area contributed by atoms with Crippen molar-refractivity contribution in [3.63, 3.8) is 0 Å². The molecule has 1 amide bonds. The molecule has 14 heteroatoms. The van der Waals surface area contributed by atoms with Gasteiger partial charge in [0, 0.05) is 32.2 Å². The maximum absolute atomic E-state index is 13.5. The lowest BCUT2D eigenvalue weighted by molar-refractivity contribution is -0.186. The van der Waals surface area contributed by atoms with Gasteiger partial charge in [-0.1, -0.05) is 6.07 Å². The van der Waals surface area contributed by atoms with Gasteiger partial charge in [0.15, 0.2) is 0 Å². The summed E-state index contributed by atoms with van der Waals surface area (Å²) >= 11 is 0. The lowest BCUT2D eigenvalue weighted by Crippen LogP contribution is -2.43. The van der Waals surface area contributed by atoms with E-state index < -0.39 is 52.2 Å². The van der Waals surface area contributed by atoms with Crippen molar-refractivity contribution in [3.8, 4) is 5.75 Å². The Labute approximate surface area is 209 Å². The molecule has 0 unspecified atom stereocenters. The highest BCUT2D eigenvalue weighted by molar-refractivity contribution is 7.92. The van der Waals surface area contributed by atoms with E-state index in [1.54, 1.807) is 7.05 Å². The summed E-state index contributed by atoms with van der Waals surface area (Å²) in [7, 11) is -2.53. The number of halogens is 6. The Kier molecular flexibility index (Phi) is 7.10.